The molecular weight excluding hydrogens is 421 g/mol. The first kappa shape index (κ1) is 25.6. The second-order valence-corrected chi connectivity index (χ2v) is 7.36. The Kier molecular flexibility index (Phi) is 10.5. The van der Waals surface area contributed by atoms with Crippen molar-refractivity contribution in [3.63, 3.8) is 0 Å². The molecule has 0 spiro atoms. The lowest BCUT2D eigenvalue weighted by Gasteiger charge is -2.24. The molecule has 1 aromatic heterocycles. The number of aliphatic hydroxyl groups is 2. The molecule has 30 heavy (non-hydrogen) atoms. The Morgan fingerprint density at radius 3 is 2.60 bits per heavy atom. The van der Waals surface area contributed by atoms with Gasteiger partial charge in [0.1, 0.15) is 24.9 Å². The quantitative estimate of drug-likeness (QED) is 0.178. The highest BCUT2D eigenvalue weighted by Crippen LogP contribution is 2.21. The first-order valence-corrected chi connectivity index (χ1v) is 10.1. The van der Waals surface area contributed by atoms with Gasteiger partial charge in [0.25, 0.3) is 5.56 Å². The molecule has 1 unspecified atom stereocenters. The zero-order valence-electron chi connectivity index (χ0n) is 16.7. The highest BCUT2D eigenvalue weighted by atomic mass is 31.1. The summed E-state index contributed by atoms with van der Waals surface area (Å²) in [5.41, 5.74) is -1.51. The monoisotopic (exact) mass is 446 g/mol. The number of H-pyrrole nitrogens is 1. The van der Waals surface area contributed by atoms with Gasteiger partial charge in [-0.3, -0.25) is 19.1 Å². The van der Waals surface area contributed by atoms with E-state index in [4.69, 9.17) is 20.4 Å². The maximum absolute atomic E-state index is 12.0. The standard InChI is InChI=1S/C17H24N3O9P/c1-5-12(22)13(9-27-30(26)19-11(4)16(24)28-10(2)3)29-15(8-21)20-7-6-14(23)18-17(20)25/h1,6-7,10-13,15,21-22H,8-9H2,2-4H3,(H-,18,19,23,25,26)/p+1/t11-,12-,13+,15+/m0/s1. The maximum atomic E-state index is 12.0. The Labute approximate surface area is 173 Å². The van der Waals surface area contributed by atoms with Crippen molar-refractivity contribution >= 4 is 14.1 Å². The lowest BCUT2D eigenvalue weighted by atomic mass is 10.2. The van der Waals surface area contributed by atoms with E-state index in [-0.39, 0.29) is 6.10 Å². The second-order valence-electron chi connectivity index (χ2n) is 6.33. The van der Waals surface area contributed by atoms with Gasteiger partial charge in [-0.15, -0.1) is 10.9 Å². The van der Waals surface area contributed by atoms with Crippen LogP contribution in [0.3, 0.4) is 0 Å². The van der Waals surface area contributed by atoms with Crippen molar-refractivity contribution in [1.82, 2.24) is 14.6 Å². The number of rotatable bonds is 12. The third-order valence-electron chi connectivity index (χ3n) is 3.53. The highest BCUT2D eigenvalue weighted by Gasteiger charge is 2.32. The molecular formula is C17H25N3O9P+. The molecule has 13 heteroatoms. The van der Waals surface area contributed by atoms with Crippen molar-refractivity contribution in [3.8, 4) is 12.3 Å². The van der Waals surface area contributed by atoms with Gasteiger partial charge >= 0.3 is 19.8 Å². The van der Waals surface area contributed by atoms with Crippen LogP contribution in [0, 0.1) is 12.3 Å². The molecule has 1 aromatic rings. The van der Waals surface area contributed by atoms with E-state index < -0.39 is 63.1 Å². The normalized spacial score (nSPS) is 15.7. The van der Waals surface area contributed by atoms with Crippen LogP contribution in [-0.4, -0.2) is 63.3 Å². The lowest BCUT2D eigenvalue weighted by molar-refractivity contribution is -0.149. The number of ether oxygens (including phenoxy) is 2. The van der Waals surface area contributed by atoms with Gasteiger partial charge < -0.3 is 19.7 Å². The van der Waals surface area contributed by atoms with Gasteiger partial charge in [-0.1, -0.05) is 11.0 Å². The maximum Gasteiger partial charge on any atom is 0.613 e. The Balaban J connectivity index is 2.79. The summed E-state index contributed by atoms with van der Waals surface area (Å²) in [4.78, 5) is 36.8. The molecule has 166 valence electrons. The molecule has 4 N–H and O–H groups in total. The summed E-state index contributed by atoms with van der Waals surface area (Å²) in [7, 11) is -2.57. The molecule has 1 rings (SSSR count). The van der Waals surface area contributed by atoms with E-state index in [0.29, 0.717) is 0 Å². The van der Waals surface area contributed by atoms with E-state index >= 15 is 0 Å². The number of hydrogen-bond acceptors (Lipinski definition) is 9. The first-order chi connectivity index (χ1) is 14.1. The molecule has 1 heterocycles. The SMILES string of the molecule is C#C[C@H](O)[C@@H](CO[P+](=O)N[C@@H](C)C(=O)OC(C)C)O[C@H](CO)n1ccc(=O)[nH]c1=O. The fourth-order valence-corrected chi connectivity index (χ4v) is 2.87. The van der Waals surface area contributed by atoms with Gasteiger partial charge in [-0.05, 0) is 25.3 Å². The van der Waals surface area contributed by atoms with Gasteiger partial charge in [-0.25, -0.2) is 4.79 Å². The number of aliphatic hydroxyl groups excluding tert-OH is 2. The average molecular weight is 446 g/mol. The summed E-state index contributed by atoms with van der Waals surface area (Å²) in [6.07, 6.45) is 1.77. The van der Waals surface area contributed by atoms with Crippen LogP contribution in [0.25, 0.3) is 0 Å². The van der Waals surface area contributed by atoms with Crippen LogP contribution in [0.2, 0.25) is 0 Å². The summed E-state index contributed by atoms with van der Waals surface area (Å²) < 4.78 is 28.4. The summed E-state index contributed by atoms with van der Waals surface area (Å²) in [5.74, 6) is 1.38. The zero-order valence-corrected chi connectivity index (χ0v) is 17.6. The Bertz CT molecular complexity index is 876. The summed E-state index contributed by atoms with van der Waals surface area (Å²) in [6.45, 7) is 3.54. The van der Waals surface area contributed by atoms with E-state index in [2.05, 4.69) is 5.09 Å². The minimum Gasteiger partial charge on any atom is -0.462 e. The van der Waals surface area contributed by atoms with E-state index in [9.17, 15) is 29.2 Å². The number of carbonyl (C=O) groups is 1. The zero-order chi connectivity index (χ0) is 22.8. The van der Waals surface area contributed by atoms with Gasteiger partial charge in [0.2, 0.25) is 0 Å². The number of hydrogen-bond donors (Lipinski definition) is 4. The molecule has 0 fully saturated rings. The number of esters is 1. The third kappa shape index (κ3) is 8.16. The second kappa shape index (κ2) is 12.3. The number of aromatic nitrogens is 2. The minimum absolute atomic E-state index is 0.351. The topological polar surface area (TPSA) is 169 Å². The van der Waals surface area contributed by atoms with Crippen LogP contribution in [0.1, 0.15) is 27.0 Å². The van der Waals surface area contributed by atoms with Crippen LogP contribution in [0.4, 0.5) is 0 Å². The first-order valence-electron chi connectivity index (χ1n) is 8.87. The van der Waals surface area contributed by atoms with Gasteiger partial charge in [0, 0.05) is 12.3 Å². The highest BCUT2D eigenvalue weighted by molar-refractivity contribution is 7.36. The molecule has 0 aliphatic heterocycles. The molecule has 0 aliphatic carbocycles. The van der Waals surface area contributed by atoms with Crippen molar-refractivity contribution < 1.29 is 33.6 Å². The third-order valence-corrected chi connectivity index (χ3v) is 4.51. The van der Waals surface area contributed by atoms with E-state index in [1.807, 2.05) is 10.9 Å². The van der Waals surface area contributed by atoms with Gasteiger partial charge in [-0.2, -0.15) is 0 Å². The largest absolute Gasteiger partial charge is 0.613 e. The molecule has 0 aromatic carbocycles. The molecule has 0 bridgehead atoms. The summed E-state index contributed by atoms with van der Waals surface area (Å²) in [5, 5.41) is 21.9. The molecule has 12 nitrogen and oxygen atoms in total. The van der Waals surface area contributed by atoms with Crippen LogP contribution in [0.5, 0.6) is 0 Å². The fraction of sp³-hybridized carbons (Fsp3) is 0.588. The number of terminal acetylenes is 1. The van der Waals surface area contributed by atoms with E-state index in [1.165, 1.54) is 6.92 Å². The molecule has 0 saturated carbocycles. The van der Waals surface area contributed by atoms with Crippen molar-refractivity contribution in [3.05, 3.63) is 33.1 Å². The van der Waals surface area contributed by atoms with Crippen molar-refractivity contribution in [2.24, 2.45) is 0 Å². The predicted octanol–water partition coefficient (Wildman–Crippen LogP) is -0.989. The van der Waals surface area contributed by atoms with Crippen molar-refractivity contribution in [2.45, 2.75) is 51.4 Å². The summed E-state index contributed by atoms with van der Waals surface area (Å²) in [6, 6.07) is 0.104. The van der Waals surface area contributed by atoms with Gasteiger partial charge in [0.15, 0.2) is 6.23 Å². The molecule has 0 amide bonds. The minimum atomic E-state index is -2.57. The predicted molar refractivity (Wildman–Crippen MR) is 105 cm³/mol. The van der Waals surface area contributed by atoms with E-state index in [0.717, 1.165) is 16.8 Å². The van der Waals surface area contributed by atoms with Crippen LogP contribution in [0.15, 0.2) is 21.9 Å². The lowest BCUT2D eigenvalue weighted by Crippen LogP contribution is -2.40. The van der Waals surface area contributed by atoms with Crippen LogP contribution < -0.4 is 16.3 Å². The molecule has 0 radical (unpaired) electrons. The molecule has 5 atom stereocenters. The number of aromatic amines is 1. The molecule has 0 aliphatic rings. The van der Waals surface area contributed by atoms with Gasteiger partial charge in [0.05, 0.1) is 12.7 Å². The number of nitrogens with one attached hydrogen (secondary N) is 2. The smallest absolute Gasteiger partial charge is 0.462 e. The van der Waals surface area contributed by atoms with E-state index in [1.54, 1.807) is 13.8 Å². The Morgan fingerprint density at radius 2 is 2.07 bits per heavy atom. The number of carbonyl (C=O) groups excluding carboxylic acids is 1. The fourth-order valence-electron chi connectivity index (χ4n) is 2.09. The van der Waals surface area contributed by atoms with Crippen molar-refractivity contribution in [2.75, 3.05) is 13.2 Å². The van der Waals surface area contributed by atoms with Crippen molar-refractivity contribution in [1.29, 1.82) is 0 Å². The average Bonchev–Trinajstić information content (AvgIpc) is 2.67. The Hall–Kier alpha value is -2.39. The Morgan fingerprint density at radius 1 is 1.40 bits per heavy atom. The molecule has 0 saturated heterocycles. The van der Waals surface area contributed by atoms with Crippen LogP contribution >= 0.6 is 8.18 Å². The number of nitrogens with zero attached hydrogens (tertiary/aromatic N) is 1. The summed E-state index contributed by atoms with van der Waals surface area (Å²) >= 11 is 0. The van der Waals surface area contributed by atoms with Crippen LogP contribution in [-0.2, 0) is 23.4 Å².